The van der Waals surface area contributed by atoms with Gasteiger partial charge < -0.3 is 5.11 Å². The molecule has 0 aliphatic heterocycles. The van der Waals surface area contributed by atoms with Crippen molar-refractivity contribution in [2.24, 2.45) is 0 Å². The van der Waals surface area contributed by atoms with Crippen LogP contribution in [-0.2, 0) is 0 Å². The number of rotatable bonds is 2. The molecule has 0 amide bonds. The zero-order chi connectivity index (χ0) is 8.15. The summed E-state index contributed by atoms with van der Waals surface area (Å²) in [7, 11) is 0. The van der Waals surface area contributed by atoms with Crippen molar-refractivity contribution in [3.05, 3.63) is 35.6 Å². The maximum Gasteiger partial charge on any atom is 0.111 e. The first-order valence-corrected chi connectivity index (χ1v) is 3.27. The Labute approximate surface area is 62.4 Å². The van der Waals surface area contributed by atoms with Gasteiger partial charge in [0.05, 0.1) is 0 Å². The largest absolute Gasteiger partial charge is 0.508 e. The smallest absolute Gasteiger partial charge is 0.111 e. The van der Waals surface area contributed by atoms with Gasteiger partial charge in [0, 0.05) is 0 Å². The number of aliphatic hydroxyl groups is 1. The summed E-state index contributed by atoms with van der Waals surface area (Å²) in [4.78, 5) is 0. The van der Waals surface area contributed by atoms with Crippen LogP contribution < -0.4 is 0 Å². The lowest BCUT2D eigenvalue weighted by Gasteiger charge is -1.96. The monoisotopic (exact) mass is 138 g/mol. The van der Waals surface area contributed by atoms with Gasteiger partial charge in [0.15, 0.2) is 0 Å². The molecule has 0 atom stereocenters. The van der Waals surface area contributed by atoms with Gasteiger partial charge in [-0.25, -0.2) is 0 Å². The predicted molar refractivity (Wildman–Crippen MR) is 45.0 cm³/mol. The summed E-state index contributed by atoms with van der Waals surface area (Å²) in [6.45, 7) is 9.36. The highest BCUT2D eigenvalue weighted by atomic mass is 16.3. The molecule has 0 saturated heterocycles. The topological polar surface area (TPSA) is 20.2 Å². The molecule has 56 valence electrons. The molecule has 0 bridgehead atoms. The SMILES string of the molecule is C=C(C)/C(C)=C\C(O)=C/C. The molecule has 0 aromatic rings. The summed E-state index contributed by atoms with van der Waals surface area (Å²) >= 11 is 0. The van der Waals surface area contributed by atoms with Gasteiger partial charge in [-0.05, 0) is 38.5 Å². The number of hydrogen-bond donors (Lipinski definition) is 1. The van der Waals surface area contributed by atoms with E-state index in [0.717, 1.165) is 11.1 Å². The lowest BCUT2D eigenvalue weighted by molar-refractivity contribution is 0.430. The highest BCUT2D eigenvalue weighted by Crippen LogP contribution is 2.07. The fourth-order valence-corrected chi connectivity index (χ4v) is 0.428. The van der Waals surface area contributed by atoms with Crippen LogP contribution in [0.3, 0.4) is 0 Å². The number of hydrogen-bond acceptors (Lipinski definition) is 1. The van der Waals surface area contributed by atoms with E-state index in [4.69, 9.17) is 5.11 Å². The van der Waals surface area contributed by atoms with Crippen molar-refractivity contribution in [2.75, 3.05) is 0 Å². The summed E-state index contributed by atoms with van der Waals surface area (Å²) in [5, 5.41) is 9.02. The maximum atomic E-state index is 9.02. The van der Waals surface area contributed by atoms with Crippen LogP contribution in [0, 0.1) is 0 Å². The summed E-state index contributed by atoms with van der Waals surface area (Å²) in [5.41, 5.74) is 1.99. The highest BCUT2D eigenvalue weighted by molar-refractivity contribution is 5.29. The Hall–Kier alpha value is -0.980. The molecule has 0 rings (SSSR count). The lowest BCUT2D eigenvalue weighted by atomic mass is 10.1. The summed E-state index contributed by atoms with van der Waals surface area (Å²) in [5.74, 6) is 0.292. The van der Waals surface area contributed by atoms with Gasteiger partial charge >= 0.3 is 0 Å². The molecule has 1 nitrogen and oxygen atoms in total. The Morgan fingerprint density at radius 2 is 1.90 bits per heavy atom. The van der Waals surface area contributed by atoms with Gasteiger partial charge in [-0.15, -0.1) is 0 Å². The lowest BCUT2D eigenvalue weighted by Crippen LogP contribution is -1.79. The summed E-state index contributed by atoms with van der Waals surface area (Å²) in [6, 6.07) is 0. The summed E-state index contributed by atoms with van der Waals surface area (Å²) < 4.78 is 0. The van der Waals surface area contributed by atoms with E-state index in [0.29, 0.717) is 5.76 Å². The minimum absolute atomic E-state index is 0.292. The number of aliphatic hydroxyl groups excluding tert-OH is 1. The van der Waals surface area contributed by atoms with Crippen LogP contribution in [-0.4, -0.2) is 5.11 Å². The van der Waals surface area contributed by atoms with E-state index in [1.165, 1.54) is 0 Å². The van der Waals surface area contributed by atoms with Gasteiger partial charge in [-0.2, -0.15) is 0 Å². The Kier molecular flexibility index (Phi) is 3.55. The van der Waals surface area contributed by atoms with E-state index in [1.807, 2.05) is 13.8 Å². The Morgan fingerprint density at radius 1 is 1.40 bits per heavy atom. The normalized spacial score (nSPS) is 13.5. The Morgan fingerprint density at radius 3 is 2.20 bits per heavy atom. The number of allylic oxidation sites excluding steroid dienone is 4. The molecule has 10 heavy (non-hydrogen) atoms. The van der Waals surface area contributed by atoms with E-state index in [9.17, 15) is 0 Å². The molecule has 0 spiro atoms. The van der Waals surface area contributed by atoms with Crippen LogP contribution in [0.25, 0.3) is 0 Å². The van der Waals surface area contributed by atoms with Crippen molar-refractivity contribution < 1.29 is 5.11 Å². The van der Waals surface area contributed by atoms with Gasteiger partial charge in [0.25, 0.3) is 0 Å². The van der Waals surface area contributed by atoms with E-state index < -0.39 is 0 Å². The molecule has 0 aromatic heterocycles. The molecule has 0 unspecified atom stereocenters. The van der Waals surface area contributed by atoms with Gasteiger partial charge in [0.1, 0.15) is 5.76 Å². The second-order valence-electron chi connectivity index (χ2n) is 2.32. The van der Waals surface area contributed by atoms with Crippen molar-refractivity contribution in [1.29, 1.82) is 0 Å². The van der Waals surface area contributed by atoms with Crippen LogP contribution >= 0.6 is 0 Å². The third-order valence-electron chi connectivity index (χ3n) is 1.33. The molecule has 0 saturated carbocycles. The van der Waals surface area contributed by atoms with Crippen LogP contribution in [0.1, 0.15) is 20.8 Å². The first-order valence-electron chi connectivity index (χ1n) is 3.27. The highest BCUT2D eigenvalue weighted by Gasteiger charge is 1.89. The molecule has 0 fully saturated rings. The van der Waals surface area contributed by atoms with Gasteiger partial charge in [0.2, 0.25) is 0 Å². The first kappa shape index (κ1) is 9.02. The molecule has 0 heterocycles. The molecule has 0 aliphatic carbocycles. The van der Waals surface area contributed by atoms with Gasteiger partial charge in [-0.1, -0.05) is 12.2 Å². The fourth-order valence-electron chi connectivity index (χ4n) is 0.428. The molecule has 0 aromatic carbocycles. The fraction of sp³-hybridized carbons (Fsp3) is 0.333. The molecule has 1 heteroatoms. The average Bonchev–Trinajstić information content (AvgIpc) is 1.87. The van der Waals surface area contributed by atoms with Crippen molar-refractivity contribution in [2.45, 2.75) is 20.8 Å². The van der Waals surface area contributed by atoms with E-state index >= 15 is 0 Å². The quantitative estimate of drug-likeness (QED) is 0.459. The summed E-state index contributed by atoms with van der Waals surface area (Å²) in [6.07, 6.45) is 3.34. The Bertz CT molecular complexity index is 185. The van der Waals surface area contributed by atoms with Crippen molar-refractivity contribution in [3.8, 4) is 0 Å². The van der Waals surface area contributed by atoms with E-state index in [2.05, 4.69) is 6.58 Å². The molecular weight excluding hydrogens is 124 g/mol. The third kappa shape index (κ3) is 3.13. The minimum Gasteiger partial charge on any atom is -0.508 e. The first-order chi connectivity index (χ1) is 4.57. The predicted octanol–water partition coefficient (Wildman–Crippen LogP) is 2.97. The third-order valence-corrected chi connectivity index (χ3v) is 1.33. The van der Waals surface area contributed by atoms with Crippen LogP contribution in [0.2, 0.25) is 0 Å². The van der Waals surface area contributed by atoms with E-state index in [-0.39, 0.29) is 0 Å². The maximum absolute atomic E-state index is 9.02. The van der Waals surface area contributed by atoms with Crippen molar-refractivity contribution in [1.82, 2.24) is 0 Å². The molecule has 1 N–H and O–H groups in total. The van der Waals surface area contributed by atoms with Crippen molar-refractivity contribution >= 4 is 0 Å². The molecular formula is C9H14O. The van der Waals surface area contributed by atoms with Gasteiger partial charge in [-0.3, -0.25) is 0 Å². The van der Waals surface area contributed by atoms with Crippen LogP contribution in [0.15, 0.2) is 35.6 Å². The molecule has 0 aliphatic rings. The second kappa shape index (κ2) is 3.94. The zero-order valence-electron chi connectivity index (χ0n) is 6.81. The van der Waals surface area contributed by atoms with Crippen LogP contribution in [0.5, 0.6) is 0 Å². The Balaban J connectivity index is 4.31. The van der Waals surface area contributed by atoms with E-state index in [1.54, 1.807) is 19.1 Å². The zero-order valence-corrected chi connectivity index (χ0v) is 6.81. The van der Waals surface area contributed by atoms with Crippen molar-refractivity contribution in [3.63, 3.8) is 0 Å². The second-order valence-corrected chi connectivity index (χ2v) is 2.32. The molecule has 0 radical (unpaired) electrons. The minimum atomic E-state index is 0.292. The van der Waals surface area contributed by atoms with Crippen LogP contribution in [0.4, 0.5) is 0 Å². The standard InChI is InChI=1S/C9H14O/c1-5-9(10)6-8(4)7(2)3/h5-6,10H,2H2,1,3-4H3/b8-6-,9-5+. The average molecular weight is 138 g/mol.